The van der Waals surface area contributed by atoms with Crippen molar-refractivity contribution in [1.82, 2.24) is 10.8 Å². The maximum absolute atomic E-state index is 11.8. The van der Waals surface area contributed by atoms with Gasteiger partial charge in [-0.3, -0.25) is 15.5 Å². The van der Waals surface area contributed by atoms with Crippen LogP contribution < -0.4 is 10.8 Å². The highest BCUT2D eigenvalue weighted by atomic mass is 32.1. The fourth-order valence-electron chi connectivity index (χ4n) is 1.28. The SMILES string of the molecule is Cc1ccc(/C(=N/C(=S)NC(=O)C(C)(C)C)NO)cc1. The van der Waals surface area contributed by atoms with Gasteiger partial charge >= 0.3 is 0 Å². The second-order valence-corrected chi connectivity index (χ2v) is 5.83. The van der Waals surface area contributed by atoms with E-state index in [2.05, 4.69) is 10.3 Å². The van der Waals surface area contributed by atoms with Crippen molar-refractivity contribution in [2.24, 2.45) is 10.4 Å². The summed E-state index contributed by atoms with van der Waals surface area (Å²) in [5.41, 5.74) is 3.20. The first-order chi connectivity index (χ1) is 9.24. The summed E-state index contributed by atoms with van der Waals surface area (Å²) in [5, 5.41) is 11.7. The third-order valence-corrected chi connectivity index (χ3v) is 2.74. The molecule has 3 N–H and O–H groups in total. The van der Waals surface area contributed by atoms with Gasteiger partial charge in [-0.15, -0.1) is 0 Å². The molecule has 0 aromatic heterocycles. The van der Waals surface area contributed by atoms with Crippen molar-refractivity contribution in [3.8, 4) is 0 Å². The molecule has 6 heteroatoms. The van der Waals surface area contributed by atoms with Gasteiger partial charge in [0.15, 0.2) is 5.84 Å². The van der Waals surface area contributed by atoms with Crippen LogP contribution >= 0.6 is 12.2 Å². The molecule has 0 aliphatic heterocycles. The smallest absolute Gasteiger partial charge is 0.231 e. The molecule has 0 unspecified atom stereocenters. The summed E-state index contributed by atoms with van der Waals surface area (Å²) in [4.78, 5) is 15.8. The molecule has 108 valence electrons. The zero-order valence-corrected chi connectivity index (χ0v) is 12.8. The lowest BCUT2D eigenvalue weighted by atomic mass is 9.96. The minimum atomic E-state index is -0.559. The van der Waals surface area contributed by atoms with Crippen molar-refractivity contribution < 1.29 is 10.0 Å². The molecule has 20 heavy (non-hydrogen) atoms. The third-order valence-electron chi connectivity index (χ3n) is 2.55. The molecule has 0 radical (unpaired) electrons. The molecule has 0 fully saturated rings. The quantitative estimate of drug-likeness (QED) is 0.321. The maximum atomic E-state index is 11.8. The number of hydroxylamine groups is 1. The fraction of sp³-hybridized carbons (Fsp3) is 0.357. The molecular formula is C14H19N3O2S. The summed E-state index contributed by atoms with van der Waals surface area (Å²) < 4.78 is 0. The van der Waals surface area contributed by atoms with Crippen LogP contribution in [-0.4, -0.2) is 22.1 Å². The molecule has 0 bridgehead atoms. The molecule has 0 spiro atoms. The number of nitrogens with zero attached hydrogens (tertiary/aromatic N) is 1. The average Bonchev–Trinajstić information content (AvgIpc) is 2.36. The van der Waals surface area contributed by atoms with Gasteiger partial charge in [-0.2, -0.15) is 0 Å². The van der Waals surface area contributed by atoms with Crippen LogP contribution in [0.4, 0.5) is 0 Å². The summed E-state index contributed by atoms with van der Waals surface area (Å²) in [6.45, 7) is 7.29. The number of carbonyl (C=O) groups excluding carboxylic acids is 1. The Hall–Kier alpha value is -1.79. The second kappa shape index (κ2) is 6.58. The molecule has 1 aromatic carbocycles. The Kier molecular flexibility index (Phi) is 5.35. The average molecular weight is 293 g/mol. The maximum Gasteiger partial charge on any atom is 0.231 e. The number of carbonyl (C=O) groups is 1. The summed E-state index contributed by atoms with van der Waals surface area (Å²) in [5.74, 6) is -0.0448. The minimum absolute atomic E-state index is 0.00190. The second-order valence-electron chi connectivity index (χ2n) is 5.45. The first-order valence-corrected chi connectivity index (χ1v) is 6.56. The van der Waals surface area contributed by atoms with E-state index in [9.17, 15) is 4.79 Å². The summed E-state index contributed by atoms with van der Waals surface area (Å²) in [6.07, 6.45) is 0. The van der Waals surface area contributed by atoms with Crippen LogP contribution in [0.3, 0.4) is 0 Å². The molecule has 0 aliphatic rings. The van der Waals surface area contributed by atoms with Crippen LogP contribution in [0.15, 0.2) is 29.3 Å². The lowest BCUT2D eigenvalue weighted by Crippen LogP contribution is -2.38. The van der Waals surface area contributed by atoms with E-state index in [0.717, 1.165) is 5.56 Å². The highest BCUT2D eigenvalue weighted by Crippen LogP contribution is 2.12. The highest BCUT2D eigenvalue weighted by Gasteiger charge is 2.22. The summed E-state index contributed by atoms with van der Waals surface area (Å²) in [6, 6.07) is 7.37. The lowest BCUT2D eigenvalue weighted by Gasteiger charge is -2.16. The number of hydrogen-bond acceptors (Lipinski definition) is 3. The fourth-order valence-corrected chi connectivity index (χ4v) is 1.46. The predicted molar refractivity (Wildman–Crippen MR) is 82.8 cm³/mol. The van der Waals surface area contributed by atoms with Crippen LogP contribution in [0.25, 0.3) is 0 Å². The molecule has 0 atom stereocenters. The van der Waals surface area contributed by atoms with Crippen molar-refractivity contribution in [2.75, 3.05) is 0 Å². The molecule has 0 heterocycles. The normalized spacial score (nSPS) is 11.9. The molecule has 0 saturated heterocycles. The van der Waals surface area contributed by atoms with Gasteiger partial charge in [0.2, 0.25) is 11.0 Å². The number of rotatable bonds is 1. The van der Waals surface area contributed by atoms with Crippen LogP contribution in [0.1, 0.15) is 31.9 Å². The van der Waals surface area contributed by atoms with Crippen LogP contribution in [0, 0.1) is 12.3 Å². The Morgan fingerprint density at radius 1 is 1.25 bits per heavy atom. The first-order valence-electron chi connectivity index (χ1n) is 6.15. The number of benzene rings is 1. The zero-order valence-electron chi connectivity index (χ0n) is 12.0. The van der Waals surface area contributed by atoms with Gasteiger partial charge in [0.25, 0.3) is 0 Å². The molecule has 0 saturated carbocycles. The number of thiocarbonyl (C=S) groups is 1. The monoisotopic (exact) mass is 293 g/mol. The number of hydrogen-bond donors (Lipinski definition) is 3. The number of aryl methyl sites for hydroxylation is 1. The van der Waals surface area contributed by atoms with Crippen LogP contribution in [-0.2, 0) is 4.79 Å². The Bertz CT molecular complexity index is 530. The van der Waals surface area contributed by atoms with Gasteiger partial charge in [0.1, 0.15) is 0 Å². The van der Waals surface area contributed by atoms with Crippen LogP contribution in [0.5, 0.6) is 0 Å². The van der Waals surface area contributed by atoms with Crippen molar-refractivity contribution in [2.45, 2.75) is 27.7 Å². The number of amidine groups is 1. The van der Waals surface area contributed by atoms with Gasteiger partial charge in [-0.1, -0.05) is 50.6 Å². The van der Waals surface area contributed by atoms with Gasteiger partial charge in [-0.25, -0.2) is 4.99 Å². The van der Waals surface area contributed by atoms with Gasteiger partial charge < -0.3 is 5.32 Å². The van der Waals surface area contributed by atoms with E-state index < -0.39 is 5.41 Å². The molecule has 1 rings (SSSR count). The molecular weight excluding hydrogens is 274 g/mol. The van der Waals surface area contributed by atoms with E-state index in [1.54, 1.807) is 32.9 Å². The predicted octanol–water partition coefficient (Wildman–Crippen LogP) is 2.17. The van der Waals surface area contributed by atoms with E-state index in [1.807, 2.05) is 24.5 Å². The van der Waals surface area contributed by atoms with Crippen molar-refractivity contribution >= 4 is 29.1 Å². The zero-order chi connectivity index (χ0) is 15.3. The van der Waals surface area contributed by atoms with Crippen LogP contribution in [0.2, 0.25) is 0 Å². The number of nitrogens with one attached hydrogen (secondary N) is 2. The van der Waals surface area contributed by atoms with E-state index in [4.69, 9.17) is 17.4 Å². The Morgan fingerprint density at radius 2 is 1.80 bits per heavy atom. The first kappa shape index (κ1) is 16.3. The lowest BCUT2D eigenvalue weighted by molar-refractivity contribution is -0.126. The van der Waals surface area contributed by atoms with Crippen molar-refractivity contribution in [3.63, 3.8) is 0 Å². The summed E-state index contributed by atoms with van der Waals surface area (Å²) >= 11 is 5.00. The summed E-state index contributed by atoms with van der Waals surface area (Å²) in [7, 11) is 0. The Balaban J connectivity index is 2.87. The molecule has 1 amide bonds. The van der Waals surface area contributed by atoms with Gasteiger partial charge in [-0.05, 0) is 19.1 Å². The Labute approximate surface area is 124 Å². The molecule has 0 aliphatic carbocycles. The minimum Gasteiger partial charge on any atom is -0.301 e. The molecule has 5 nitrogen and oxygen atoms in total. The molecule has 1 aromatic rings. The Morgan fingerprint density at radius 3 is 2.25 bits per heavy atom. The number of aliphatic imine (C=N–C) groups is 1. The number of amides is 1. The standard InChI is InChI=1S/C14H19N3O2S/c1-9-5-7-10(8-6-9)11(17-19)15-13(20)16-12(18)14(2,3)4/h5-8,19H,1-4H3,(H2,15,16,17,18,20). The largest absolute Gasteiger partial charge is 0.301 e. The van der Waals surface area contributed by atoms with E-state index in [-0.39, 0.29) is 16.9 Å². The van der Waals surface area contributed by atoms with E-state index in [1.165, 1.54) is 0 Å². The highest BCUT2D eigenvalue weighted by molar-refractivity contribution is 7.80. The van der Waals surface area contributed by atoms with Crippen molar-refractivity contribution in [3.05, 3.63) is 35.4 Å². The van der Waals surface area contributed by atoms with Gasteiger partial charge in [0.05, 0.1) is 0 Å². The van der Waals surface area contributed by atoms with E-state index >= 15 is 0 Å². The van der Waals surface area contributed by atoms with Gasteiger partial charge in [0, 0.05) is 11.0 Å². The third kappa shape index (κ3) is 4.71. The van der Waals surface area contributed by atoms with E-state index in [0.29, 0.717) is 5.56 Å². The van der Waals surface area contributed by atoms with Crippen molar-refractivity contribution in [1.29, 1.82) is 0 Å². The topological polar surface area (TPSA) is 73.7 Å².